The summed E-state index contributed by atoms with van der Waals surface area (Å²) < 4.78 is 12.9. The lowest BCUT2D eigenvalue weighted by Gasteiger charge is -2.09. The number of alkyl halides is 1. The standard InChI is InChI=1S/C8H10FN3O/c9-7(8(13)12-10)11-6-4-2-1-3-5-6/h1-5,7,11H,10H2,(H,12,13). The Balaban J connectivity index is 2.55. The van der Waals surface area contributed by atoms with Crippen molar-refractivity contribution in [3.05, 3.63) is 30.3 Å². The molecule has 1 amide bonds. The van der Waals surface area contributed by atoms with Gasteiger partial charge in [0.2, 0.25) is 0 Å². The number of carbonyl (C=O) groups is 1. The van der Waals surface area contributed by atoms with Crippen LogP contribution < -0.4 is 16.6 Å². The Labute approximate surface area is 74.9 Å². The first-order chi connectivity index (χ1) is 6.24. The molecule has 0 bridgehead atoms. The highest BCUT2D eigenvalue weighted by atomic mass is 19.1. The van der Waals surface area contributed by atoms with Crippen LogP contribution in [-0.2, 0) is 4.79 Å². The summed E-state index contributed by atoms with van der Waals surface area (Å²) in [4.78, 5) is 10.6. The molecule has 0 radical (unpaired) electrons. The van der Waals surface area contributed by atoms with Crippen molar-refractivity contribution in [3.8, 4) is 0 Å². The molecule has 0 aliphatic rings. The summed E-state index contributed by atoms with van der Waals surface area (Å²) in [5.74, 6) is 3.85. The quantitative estimate of drug-likeness (QED) is 0.275. The molecule has 0 aliphatic carbocycles. The second-order valence-electron chi connectivity index (χ2n) is 2.38. The van der Waals surface area contributed by atoms with E-state index in [0.717, 1.165) is 0 Å². The number of halogens is 1. The number of benzene rings is 1. The van der Waals surface area contributed by atoms with Crippen molar-refractivity contribution in [2.45, 2.75) is 6.30 Å². The number of hydrogen-bond donors (Lipinski definition) is 3. The van der Waals surface area contributed by atoms with Gasteiger partial charge in [0, 0.05) is 5.69 Å². The maximum absolute atomic E-state index is 12.9. The van der Waals surface area contributed by atoms with Gasteiger partial charge in [-0.1, -0.05) is 18.2 Å². The Morgan fingerprint density at radius 1 is 1.38 bits per heavy atom. The van der Waals surface area contributed by atoms with Crippen LogP contribution in [0.1, 0.15) is 0 Å². The third-order valence-electron chi connectivity index (χ3n) is 1.44. The molecule has 1 aromatic carbocycles. The second-order valence-corrected chi connectivity index (χ2v) is 2.38. The molecule has 70 valence electrons. The number of carbonyl (C=O) groups excluding carboxylic acids is 1. The number of hydrazine groups is 1. The van der Waals surface area contributed by atoms with Gasteiger partial charge in [-0.3, -0.25) is 10.2 Å². The van der Waals surface area contributed by atoms with Crippen LogP contribution in [0.15, 0.2) is 30.3 Å². The van der Waals surface area contributed by atoms with Crippen LogP contribution in [0.2, 0.25) is 0 Å². The van der Waals surface area contributed by atoms with E-state index in [1.54, 1.807) is 35.8 Å². The molecule has 1 rings (SSSR count). The van der Waals surface area contributed by atoms with Crippen LogP contribution in [-0.4, -0.2) is 12.2 Å². The lowest BCUT2D eigenvalue weighted by atomic mass is 10.3. The van der Waals surface area contributed by atoms with Crippen LogP contribution in [0.25, 0.3) is 0 Å². The minimum atomic E-state index is -1.83. The summed E-state index contributed by atoms with van der Waals surface area (Å²) in [5, 5.41) is 2.33. The van der Waals surface area contributed by atoms with Gasteiger partial charge in [-0.05, 0) is 12.1 Å². The van der Waals surface area contributed by atoms with Crippen LogP contribution >= 0.6 is 0 Å². The zero-order valence-corrected chi connectivity index (χ0v) is 6.83. The van der Waals surface area contributed by atoms with E-state index >= 15 is 0 Å². The van der Waals surface area contributed by atoms with Crippen molar-refractivity contribution < 1.29 is 9.18 Å². The molecule has 0 heterocycles. The predicted molar refractivity (Wildman–Crippen MR) is 47.3 cm³/mol. The molecule has 0 saturated heterocycles. The Bertz CT molecular complexity index is 278. The first kappa shape index (κ1) is 9.47. The molecule has 4 N–H and O–H groups in total. The van der Waals surface area contributed by atoms with Gasteiger partial charge in [-0.2, -0.15) is 0 Å². The van der Waals surface area contributed by atoms with Gasteiger partial charge in [0.25, 0.3) is 12.2 Å². The smallest absolute Gasteiger partial charge is 0.289 e. The normalized spacial score (nSPS) is 11.8. The Morgan fingerprint density at radius 2 is 2.00 bits per heavy atom. The third kappa shape index (κ3) is 2.72. The van der Waals surface area contributed by atoms with Gasteiger partial charge in [-0.15, -0.1) is 0 Å². The molecule has 1 atom stereocenters. The zero-order chi connectivity index (χ0) is 9.68. The Morgan fingerprint density at radius 3 is 2.54 bits per heavy atom. The minimum Gasteiger partial charge on any atom is -0.348 e. The van der Waals surface area contributed by atoms with Crippen molar-refractivity contribution in [1.29, 1.82) is 0 Å². The highest BCUT2D eigenvalue weighted by Gasteiger charge is 2.14. The van der Waals surface area contributed by atoms with E-state index in [1.807, 2.05) is 0 Å². The summed E-state index contributed by atoms with van der Waals surface area (Å²) in [6.07, 6.45) is -1.83. The maximum Gasteiger partial charge on any atom is 0.289 e. The molecule has 0 aliphatic heterocycles. The number of para-hydroxylation sites is 1. The van der Waals surface area contributed by atoms with Gasteiger partial charge < -0.3 is 5.32 Å². The number of nitrogens with one attached hydrogen (secondary N) is 2. The number of nitrogens with two attached hydrogens (primary N) is 1. The highest BCUT2D eigenvalue weighted by Crippen LogP contribution is 2.07. The monoisotopic (exact) mass is 183 g/mol. The van der Waals surface area contributed by atoms with Crippen molar-refractivity contribution >= 4 is 11.6 Å². The van der Waals surface area contributed by atoms with E-state index in [4.69, 9.17) is 5.84 Å². The van der Waals surface area contributed by atoms with E-state index in [1.165, 1.54) is 0 Å². The molecule has 1 aromatic rings. The number of hydrogen-bond acceptors (Lipinski definition) is 3. The lowest BCUT2D eigenvalue weighted by Crippen LogP contribution is -2.40. The van der Waals surface area contributed by atoms with Crippen molar-refractivity contribution in [2.24, 2.45) is 5.84 Å². The number of rotatable bonds is 3. The Hall–Kier alpha value is -1.62. The van der Waals surface area contributed by atoms with E-state index in [-0.39, 0.29) is 0 Å². The van der Waals surface area contributed by atoms with E-state index in [0.29, 0.717) is 5.69 Å². The van der Waals surface area contributed by atoms with Crippen LogP contribution in [0.3, 0.4) is 0 Å². The first-order valence-corrected chi connectivity index (χ1v) is 3.70. The lowest BCUT2D eigenvalue weighted by molar-refractivity contribution is -0.125. The topological polar surface area (TPSA) is 67.1 Å². The fourth-order valence-electron chi connectivity index (χ4n) is 0.819. The predicted octanol–water partition coefficient (Wildman–Crippen LogP) is 0.384. The fraction of sp³-hybridized carbons (Fsp3) is 0.125. The van der Waals surface area contributed by atoms with Gasteiger partial charge in [0.15, 0.2) is 0 Å². The van der Waals surface area contributed by atoms with Crippen molar-refractivity contribution in [1.82, 2.24) is 5.43 Å². The van der Waals surface area contributed by atoms with Gasteiger partial charge >= 0.3 is 0 Å². The minimum absolute atomic E-state index is 0.526. The van der Waals surface area contributed by atoms with Crippen LogP contribution in [0, 0.1) is 0 Å². The van der Waals surface area contributed by atoms with E-state index < -0.39 is 12.2 Å². The van der Waals surface area contributed by atoms with E-state index in [2.05, 4.69) is 5.32 Å². The van der Waals surface area contributed by atoms with Gasteiger partial charge in [0.1, 0.15) is 0 Å². The third-order valence-corrected chi connectivity index (χ3v) is 1.44. The summed E-state index contributed by atoms with van der Waals surface area (Å²) >= 11 is 0. The molecular weight excluding hydrogens is 173 g/mol. The average Bonchev–Trinajstić information content (AvgIpc) is 2.18. The molecule has 1 unspecified atom stereocenters. The SMILES string of the molecule is NNC(=O)C(F)Nc1ccccc1. The molecule has 5 heteroatoms. The number of amides is 1. The maximum atomic E-state index is 12.9. The van der Waals surface area contributed by atoms with Crippen molar-refractivity contribution in [2.75, 3.05) is 5.32 Å². The van der Waals surface area contributed by atoms with Crippen LogP contribution in [0.5, 0.6) is 0 Å². The molecule has 0 saturated carbocycles. The summed E-state index contributed by atoms with van der Waals surface area (Å²) in [6.45, 7) is 0. The van der Waals surface area contributed by atoms with E-state index in [9.17, 15) is 9.18 Å². The number of anilines is 1. The largest absolute Gasteiger partial charge is 0.348 e. The summed E-state index contributed by atoms with van der Waals surface area (Å²) in [7, 11) is 0. The summed E-state index contributed by atoms with van der Waals surface area (Å²) in [5.41, 5.74) is 2.24. The molecule has 13 heavy (non-hydrogen) atoms. The Kier molecular flexibility index (Phi) is 3.22. The highest BCUT2D eigenvalue weighted by molar-refractivity contribution is 5.82. The zero-order valence-electron chi connectivity index (χ0n) is 6.83. The van der Waals surface area contributed by atoms with Gasteiger partial charge in [-0.25, -0.2) is 10.2 Å². The first-order valence-electron chi connectivity index (χ1n) is 3.70. The molecular formula is C8H10FN3O. The fourth-order valence-corrected chi connectivity index (χ4v) is 0.819. The molecule has 0 aromatic heterocycles. The molecule has 0 spiro atoms. The second kappa shape index (κ2) is 4.42. The van der Waals surface area contributed by atoms with Crippen LogP contribution in [0.4, 0.5) is 10.1 Å². The molecule has 0 fully saturated rings. The molecule has 4 nitrogen and oxygen atoms in total. The van der Waals surface area contributed by atoms with Gasteiger partial charge in [0.05, 0.1) is 0 Å². The average molecular weight is 183 g/mol. The van der Waals surface area contributed by atoms with Crippen molar-refractivity contribution in [3.63, 3.8) is 0 Å². The summed E-state index contributed by atoms with van der Waals surface area (Å²) in [6, 6.07) is 8.55.